The molecule has 1 aliphatic carbocycles. The zero-order valence-corrected chi connectivity index (χ0v) is 18.0. The van der Waals surface area contributed by atoms with Gasteiger partial charge in [-0.05, 0) is 68.9 Å². The van der Waals surface area contributed by atoms with Crippen molar-refractivity contribution >= 4 is 17.1 Å². The van der Waals surface area contributed by atoms with Crippen LogP contribution in [0.3, 0.4) is 0 Å². The van der Waals surface area contributed by atoms with Crippen molar-refractivity contribution in [2.24, 2.45) is 0 Å². The summed E-state index contributed by atoms with van der Waals surface area (Å²) < 4.78 is 5.25. The van der Waals surface area contributed by atoms with Gasteiger partial charge in [0.25, 0.3) is 0 Å². The molecule has 164 valence electrons. The van der Waals surface area contributed by atoms with Crippen molar-refractivity contribution in [2.75, 3.05) is 7.11 Å². The Morgan fingerprint density at radius 1 is 1.23 bits per heavy atom. The molecule has 2 aromatic carbocycles. The van der Waals surface area contributed by atoms with E-state index in [2.05, 4.69) is 15.6 Å². The van der Waals surface area contributed by atoms with Gasteiger partial charge in [-0.25, -0.2) is 9.78 Å². The molecule has 4 N–H and O–H groups in total. The third kappa shape index (κ3) is 5.35. The molecule has 3 aromatic rings. The Hall–Kier alpha value is -3.06. The van der Waals surface area contributed by atoms with E-state index < -0.39 is 5.60 Å². The summed E-state index contributed by atoms with van der Waals surface area (Å²) in [4.78, 5) is 20.9. The van der Waals surface area contributed by atoms with Crippen LogP contribution in [0.15, 0.2) is 48.5 Å². The number of carbonyl (C=O) groups is 1. The van der Waals surface area contributed by atoms with E-state index in [0.29, 0.717) is 19.3 Å². The molecule has 0 radical (unpaired) electrons. The zero-order valence-electron chi connectivity index (χ0n) is 18.0. The number of fused-ring (bicyclic) bond motifs is 1. The normalized spacial score (nSPS) is 22.1. The van der Waals surface area contributed by atoms with Gasteiger partial charge in [-0.3, -0.25) is 0 Å². The maximum Gasteiger partial charge on any atom is 0.315 e. The zero-order chi connectivity index (χ0) is 21.8. The van der Waals surface area contributed by atoms with Gasteiger partial charge in [0.15, 0.2) is 0 Å². The van der Waals surface area contributed by atoms with Crippen LogP contribution < -0.4 is 15.4 Å². The van der Waals surface area contributed by atoms with E-state index in [-0.39, 0.29) is 18.1 Å². The number of aromatic nitrogens is 2. The van der Waals surface area contributed by atoms with Crippen LogP contribution in [0.1, 0.15) is 50.0 Å². The quantitative estimate of drug-likeness (QED) is 0.485. The molecule has 1 aromatic heterocycles. The highest BCUT2D eigenvalue weighted by atomic mass is 16.5. The van der Waals surface area contributed by atoms with Crippen LogP contribution in [0.4, 0.5) is 4.79 Å². The van der Waals surface area contributed by atoms with Crippen LogP contribution in [0.25, 0.3) is 11.0 Å². The highest BCUT2D eigenvalue weighted by Gasteiger charge is 2.30. The van der Waals surface area contributed by atoms with E-state index >= 15 is 0 Å². The number of urea groups is 1. The van der Waals surface area contributed by atoms with Crippen LogP contribution in [0, 0.1) is 0 Å². The van der Waals surface area contributed by atoms with Crippen molar-refractivity contribution in [3.05, 3.63) is 59.9 Å². The maximum atomic E-state index is 12.8. The van der Waals surface area contributed by atoms with Crippen LogP contribution in [-0.2, 0) is 6.42 Å². The van der Waals surface area contributed by atoms with Crippen molar-refractivity contribution in [1.29, 1.82) is 0 Å². The highest BCUT2D eigenvalue weighted by molar-refractivity contribution is 5.76. The Kier molecular flexibility index (Phi) is 6.13. The number of imidazole rings is 1. The molecule has 0 bridgehead atoms. The Bertz CT molecular complexity index is 986. The summed E-state index contributed by atoms with van der Waals surface area (Å²) in [6.07, 6.45) is 3.52. The number of carbonyl (C=O) groups excluding carboxylic acids is 1. The van der Waals surface area contributed by atoms with Crippen molar-refractivity contribution in [2.45, 2.75) is 56.7 Å². The fourth-order valence-corrected chi connectivity index (χ4v) is 4.12. The minimum atomic E-state index is -0.625. The molecule has 31 heavy (non-hydrogen) atoms. The lowest BCUT2D eigenvalue weighted by Gasteiger charge is -2.33. The van der Waals surface area contributed by atoms with E-state index in [4.69, 9.17) is 9.72 Å². The minimum Gasteiger partial charge on any atom is -0.497 e. The topological polar surface area (TPSA) is 99.3 Å². The van der Waals surface area contributed by atoms with Gasteiger partial charge in [-0.1, -0.05) is 24.3 Å². The molecule has 7 heteroatoms. The number of nitrogens with one attached hydrogen (secondary N) is 3. The smallest absolute Gasteiger partial charge is 0.315 e. The summed E-state index contributed by atoms with van der Waals surface area (Å²) in [6, 6.07) is 15.2. The number of rotatable bonds is 6. The number of benzene rings is 2. The van der Waals surface area contributed by atoms with Gasteiger partial charge < -0.3 is 25.5 Å². The van der Waals surface area contributed by atoms with Crippen LogP contribution in [0.5, 0.6) is 5.75 Å². The summed E-state index contributed by atoms with van der Waals surface area (Å²) >= 11 is 0. The summed E-state index contributed by atoms with van der Waals surface area (Å²) in [5, 5.41) is 16.3. The van der Waals surface area contributed by atoms with Gasteiger partial charge in [-0.15, -0.1) is 0 Å². The molecule has 0 saturated heterocycles. The third-order valence-corrected chi connectivity index (χ3v) is 6.04. The van der Waals surface area contributed by atoms with Crippen molar-refractivity contribution in [3.63, 3.8) is 0 Å². The molecule has 2 amide bonds. The number of hydrogen-bond donors (Lipinski definition) is 4. The van der Waals surface area contributed by atoms with Gasteiger partial charge >= 0.3 is 6.03 Å². The monoisotopic (exact) mass is 422 g/mol. The Morgan fingerprint density at radius 3 is 2.61 bits per heavy atom. The third-order valence-electron chi connectivity index (χ3n) is 6.04. The molecule has 0 aliphatic heterocycles. The number of aromatic amines is 1. The average Bonchev–Trinajstić information content (AvgIpc) is 3.20. The largest absolute Gasteiger partial charge is 0.497 e. The Labute approximate surface area is 182 Å². The van der Waals surface area contributed by atoms with Gasteiger partial charge in [0.2, 0.25) is 0 Å². The SMILES string of the molecule is COc1ccc(C[C@@H](NC(=O)NC2CCC(C)(O)CC2)c2nc3ccccc3[nH]2)cc1. The number of amides is 2. The van der Waals surface area contributed by atoms with Gasteiger partial charge in [0.05, 0.1) is 29.8 Å². The first-order chi connectivity index (χ1) is 14.9. The second-order valence-corrected chi connectivity index (χ2v) is 8.63. The maximum absolute atomic E-state index is 12.8. The first-order valence-corrected chi connectivity index (χ1v) is 10.8. The molecular weight excluding hydrogens is 392 g/mol. The van der Waals surface area contributed by atoms with Gasteiger partial charge in [0.1, 0.15) is 11.6 Å². The van der Waals surface area contributed by atoms with Crippen molar-refractivity contribution in [3.8, 4) is 5.75 Å². The summed E-state index contributed by atoms with van der Waals surface area (Å²) in [5.74, 6) is 1.52. The number of para-hydroxylation sites is 2. The van der Waals surface area contributed by atoms with Crippen LogP contribution >= 0.6 is 0 Å². The first kappa shape index (κ1) is 21.2. The molecule has 1 saturated carbocycles. The Morgan fingerprint density at radius 2 is 1.94 bits per heavy atom. The van der Waals surface area contributed by atoms with Crippen LogP contribution in [0.2, 0.25) is 0 Å². The van der Waals surface area contributed by atoms with Gasteiger partial charge in [0, 0.05) is 6.04 Å². The van der Waals surface area contributed by atoms with Gasteiger partial charge in [-0.2, -0.15) is 0 Å². The number of H-pyrrole nitrogens is 1. The van der Waals surface area contributed by atoms with Crippen molar-refractivity contribution in [1.82, 2.24) is 20.6 Å². The molecule has 7 nitrogen and oxygen atoms in total. The predicted molar refractivity (Wildman–Crippen MR) is 120 cm³/mol. The Balaban J connectivity index is 1.49. The van der Waals surface area contributed by atoms with E-state index in [9.17, 15) is 9.90 Å². The second-order valence-electron chi connectivity index (χ2n) is 8.63. The fourth-order valence-electron chi connectivity index (χ4n) is 4.12. The lowest BCUT2D eigenvalue weighted by molar-refractivity contribution is 0.0151. The number of nitrogens with zero attached hydrogens (tertiary/aromatic N) is 1. The molecule has 1 aliphatic rings. The first-order valence-electron chi connectivity index (χ1n) is 10.8. The van der Waals surface area contributed by atoms with E-state index in [1.54, 1.807) is 7.11 Å². The standard InChI is InChI=1S/C24H30N4O3/c1-24(30)13-11-17(12-14-24)25-23(29)28-21(15-16-7-9-18(31-2)10-8-16)22-26-19-5-3-4-6-20(19)27-22/h3-10,17,21,30H,11-15H2,1-2H3,(H,26,27)(H2,25,28,29)/t17?,21-,24?/m1/s1. The van der Waals surface area contributed by atoms with E-state index in [1.807, 2.05) is 55.5 Å². The molecule has 1 fully saturated rings. The lowest BCUT2D eigenvalue weighted by Crippen LogP contribution is -2.47. The number of hydrogen-bond acceptors (Lipinski definition) is 4. The van der Waals surface area contributed by atoms with E-state index in [1.165, 1.54) is 0 Å². The summed E-state index contributed by atoms with van der Waals surface area (Å²) in [6.45, 7) is 1.86. The second kappa shape index (κ2) is 8.98. The molecule has 1 heterocycles. The summed E-state index contributed by atoms with van der Waals surface area (Å²) in [7, 11) is 1.64. The molecule has 0 unspecified atom stereocenters. The fraction of sp³-hybridized carbons (Fsp3) is 0.417. The van der Waals surface area contributed by atoms with Crippen molar-refractivity contribution < 1.29 is 14.6 Å². The number of aliphatic hydroxyl groups is 1. The minimum absolute atomic E-state index is 0.0672. The highest BCUT2D eigenvalue weighted by Crippen LogP contribution is 2.28. The molecule has 1 atom stereocenters. The number of methoxy groups -OCH3 is 1. The number of ether oxygens (including phenoxy) is 1. The summed E-state index contributed by atoms with van der Waals surface area (Å²) in [5.41, 5.74) is 2.25. The van der Waals surface area contributed by atoms with Crippen LogP contribution in [-0.4, -0.2) is 39.9 Å². The molecule has 0 spiro atoms. The lowest BCUT2D eigenvalue weighted by atomic mass is 9.84. The molecule has 4 rings (SSSR count). The van der Waals surface area contributed by atoms with E-state index in [0.717, 1.165) is 41.0 Å². The predicted octanol–water partition coefficient (Wildman–Crippen LogP) is 3.85. The average molecular weight is 423 g/mol. The molecular formula is C24H30N4O3.